The van der Waals surface area contributed by atoms with Crippen molar-refractivity contribution in [1.82, 2.24) is 31.5 Å². The minimum atomic E-state index is -1.14. The molecule has 0 radical (unpaired) electrons. The van der Waals surface area contributed by atoms with E-state index in [-0.39, 0.29) is 63.9 Å². The van der Waals surface area contributed by atoms with Crippen molar-refractivity contribution in [3.05, 3.63) is 71.7 Å². The first-order chi connectivity index (χ1) is 24.6. The van der Waals surface area contributed by atoms with Gasteiger partial charge in [-0.25, -0.2) is 0 Å². The van der Waals surface area contributed by atoms with E-state index in [2.05, 4.69) is 26.6 Å². The van der Waals surface area contributed by atoms with E-state index in [1.807, 2.05) is 6.92 Å². The summed E-state index contributed by atoms with van der Waals surface area (Å²) in [5.74, 6) is -1.64. The topological polar surface area (TPSA) is 217 Å². The molecule has 15 heteroatoms. The molecule has 5 amide bonds. The fourth-order valence-electron chi connectivity index (χ4n) is 6.38. The minimum Gasteiger partial charge on any atom is -0.469 e. The van der Waals surface area contributed by atoms with E-state index >= 15 is 0 Å². The van der Waals surface area contributed by atoms with Crippen molar-refractivity contribution in [3.63, 3.8) is 0 Å². The van der Waals surface area contributed by atoms with Gasteiger partial charge in [0.15, 0.2) is 0 Å². The molecule has 0 saturated carbocycles. The number of furan rings is 1. The second-order valence-corrected chi connectivity index (χ2v) is 12.9. The van der Waals surface area contributed by atoms with Crippen molar-refractivity contribution in [2.75, 3.05) is 45.9 Å². The van der Waals surface area contributed by atoms with E-state index in [0.717, 1.165) is 6.08 Å². The summed E-state index contributed by atoms with van der Waals surface area (Å²) >= 11 is 0. The summed E-state index contributed by atoms with van der Waals surface area (Å²) < 4.78 is 10.9. The van der Waals surface area contributed by atoms with Crippen molar-refractivity contribution in [2.24, 2.45) is 11.1 Å². The molecule has 1 aromatic heterocycles. The lowest BCUT2D eigenvalue weighted by molar-refractivity contribution is -0.136. The number of carbonyl (C=O) groups is 5. The lowest BCUT2D eigenvalue weighted by Gasteiger charge is -2.46. The fourth-order valence-corrected chi connectivity index (χ4v) is 6.38. The molecule has 2 aromatic rings. The molecule has 2 bridgehead atoms. The number of ether oxygens (including phenoxy) is 1. The Hall–Kier alpha value is -4.57. The van der Waals surface area contributed by atoms with E-state index in [1.54, 1.807) is 41.3 Å². The second-order valence-electron chi connectivity index (χ2n) is 12.9. The summed E-state index contributed by atoms with van der Waals surface area (Å²) in [5.41, 5.74) is 6.04. The number of carbonyl (C=O) groups excluding carboxylic acids is 5. The van der Waals surface area contributed by atoms with Gasteiger partial charge in [-0.2, -0.15) is 0 Å². The van der Waals surface area contributed by atoms with E-state index in [4.69, 9.17) is 14.9 Å². The molecule has 4 rings (SSSR count). The molecular weight excluding hydrogens is 658 g/mol. The third kappa shape index (κ3) is 11.7. The van der Waals surface area contributed by atoms with Gasteiger partial charge < -0.3 is 46.2 Å². The van der Waals surface area contributed by atoms with Crippen LogP contribution in [0, 0.1) is 5.41 Å². The number of hydrogen-bond acceptors (Lipinski definition) is 10. The van der Waals surface area contributed by atoms with E-state index in [9.17, 15) is 29.1 Å². The zero-order valence-corrected chi connectivity index (χ0v) is 29.2. The number of nitrogens with two attached hydrogens (primary N) is 1. The Labute approximate surface area is 298 Å². The number of fused-ring (bicyclic) bond motifs is 3. The molecular formula is C36H51N7O8. The van der Waals surface area contributed by atoms with Gasteiger partial charge in [-0.05, 0) is 48.9 Å². The van der Waals surface area contributed by atoms with Crippen LogP contribution in [0.2, 0.25) is 0 Å². The van der Waals surface area contributed by atoms with Gasteiger partial charge in [-0.3, -0.25) is 29.3 Å². The predicted octanol–water partition coefficient (Wildman–Crippen LogP) is -0.371. The van der Waals surface area contributed by atoms with Gasteiger partial charge in [0.25, 0.3) is 0 Å². The number of amides is 5. The Kier molecular flexibility index (Phi) is 15.2. The van der Waals surface area contributed by atoms with Gasteiger partial charge in [0.05, 0.1) is 31.9 Å². The molecule has 8 N–H and O–H groups in total. The Morgan fingerprint density at radius 1 is 1.10 bits per heavy atom. The highest BCUT2D eigenvalue weighted by Gasteiger charge is 2.43. The lowest BCUT2D eigenvalue weighted by atomic mass is 9.75. The van der Waals surface area contributed by atoms with Crippen LogP contribution in [0.5, 0.6) is 0 Å². The van der Waals surface area contributed by atoms with Crippen molar-refractivity contribution >= 4 is 29.5 Å². The summed E-state index contributed by atoms with van der Waals surface area (Å²) in [4.78, 5) is 67.6. The zero-order valence-electron chi connectivity index (χ0n) is 29.2. The maximum atomic E-state index is 13.7. The van der Waals surface area contributed by atoms with Crippen molar-refractivity contribution in [2.45, 2.75) is 70.3 Å². The SMILES string of the molecule is CC[C@]12CCCN(C1)C(=O)/C=C/C(=O)NCC[C@@H](C(=O)NCCOCCN)NC(=O)Cc1ccccc1CNC(=O)[C@H](Cc1ccco1)NC2O. The van der Waals surface area contributed by atoms with Crippen molar-refractivity contribution in [1.29, 1.82) is 0 Å². The molecule has 1 saturated heterocycles. The smallest absolute Gasteiger partial charge is 0.246 e. The Bertz CT molecular complexity index is 1500. The molecule has 3 heterocycles. The second kappa shape index (κ2) is 19.7. The minimum absolute atomic E-state index is 0.0434. The van der Waals surface area contributed by atoms with Crippen LogP contribution in [0.4, 0.5) is 0 Å². The molecule has 2 aliphatic heterocycles. The summed E-state index contributed by atoms with van der Waals surface area (Å²) in [5, 5.41) is 25.9. The number of nitrogens with one attached hydrogen (secondary N) is 5. The van der Waals surface area contributed by atoms with E-state index in [0.29, 0.717) is 55.8 Å². The first-order valence-corrected chi connectivity index (χ1v) is 17.5. The standard InChI is InChI=1S/C36H51N7O8/c1-2-36-13-6-17-43(24-36)32(46)11-10-30(44)38-15-12-28(33(47)39-16-20-50-19-14-37)41-31(45)21-25-7-3-4-8-26(25)23-40-34(48)29(42-35(36)49)22-27-9-5-18-51-27/h3-5,7-11,18,28-29,35,42,49H,2,6,12-17,19-24,37H2,1H3,(H,38,44)(H,39,47)(H,40,48)(H,41,45)/b11-10+/t28-,29-,35?,36-/m0/s1. The van der Waals surface area contributed by atoms with Crippen molar-refractivity contribution < 1.29 is 38.2 Å². The number of rotatable bonds is 9. The molecule has 0 spiro atoms. The third-order valence-corrected chi connectivity index (χ3v) is 9.36. The monoisotopic (exact) mass is 709 g/mol. The van der Waals surface area contributed by atoms with Crippen LogP contribution >= 0.6 is 0 Å². The van der Waals surface area contributed by atoms with Crippen LogP contribution in [0.15, 0.2) is 59.2 Å². The molecule has 4 atom stereocenters. The predicted molar refractivity (Wildman–Crippen MR) is 187 cm³/mol. The van der Waals surface area contributed by atoms with Gasteiger partial charge in [0, 0.05) is 63.3 Å². The van der Waals surface area contributed by atoms with Gasteiger partial charge in [0.1, 0.15) is 18.0 Å². The molecule has 51 heavy (non-hydrogen) atoms. The average molecular weight is 710 g/mol. The van der Waals surface area contributed by atoms with Crippen LogP contribution in [0.25, 0.3) is 0 Å². The number of nitrogens with zero attached hydrogens (tertiary/aromatic N) is 1. The summed E-state index contributed by atoms with van der Waals surface area (Å²) in [6.45, 7) is 3.88. The highest BCUT2D eigenvalue weighted by molar-refractivity contribution is 5.97. The summed E-state index contributed by atoms with van der Waals surface area (Å²) in [7, 11) is 0. The highest BCUT2D eigenvalue weighted by Crippen LogP contribution is 2.36. The normalized spacial score (nSPS) is 24.9. The van der Waals surface area contributed by atoms with E-state index in [1.165, 1.54) is 12.3 Å². The maximum absolute atomic E-state index is 13.7. The Balaban J connectivity index is 1.59. The molecule has 15 nitrogen and oxygen atoms in total. The van der Waals surface area contributed by atoms with Gasteiger partial charge >= 0.3 is 0 Å². The Morgan fingerprint density at radius 2 is 1.90 bits per heavy atom. The average Bonchev–Trinajstić information content (AvgIpc) is 3.65. The highest BCUT2D eigenvalue weighted by atomic mass is 16.5. The largest absolute Gasteiger partial charge is 0.469 e. The molecule has 2 aliphatic rings. The quantitative estimate of drug-likeness (QED) is 0.168. The van der Waals surface area contributed by atoms with Gasteiger partial charge in [0.2, 0.25) is 29.5 Å². The fraction of sp³-hybridized carbons (Fsp3) is 0.528. The van der Waals surface area contributed by atoms with Crippen LogP contribution < -0.4 is 32.3 Å². The maximum Gasteiger partial charge on any atom is 0.246 e. The van der Waals surface area contributed by atoms with Gasteiger partial charge in [-0.1, -0.05) is 31.2 Å². The number of hydrogen-bond donors (Lipinski definition) is 7. The van der Waals surface area contributed by atoms with E-state index < -0.39 is 41.4 Å². The van der Waals surface area contributed by atoms with Crippen LogP contribution in [-0.2, 0) is 48.1 Å². The molecule has 1 fully saturated rings. The van der Waals surface area contributed by atoms with Crippen LogP contribution in [-0.4, -0.2) is 104 Å². The summed E-state index contributed by atoms with van der Waals surface area (Å²) in [6, 6.07) is 8.77. The lowest BCUT2D eigenvalue weighted by Crippen LogP contribution is -2.59. The van der Waals surface area contributed by atoms with Crippen LogP contribution in [0.1, 0.15) is 49.5 Å². The molecule has 1 aromatic carbocycles. The summed E-state index contributed by atoms with van der Waals surface area (Å²) in [6.07, 6.45) is 4.61. The number of benzene rings is 1. The molecule has 0 aliphatic carbocycles. The first-order valence-electron chi connectivity index (χ1n) is 17.5. The number of aliphatic hydroxyl groups is 1. The van der Waals surface area contributed by atoms with Crippen LogP contribution in [0.3, 0.4) is 0 Å². The number of piperidine rings is 1. The first kappa shape index (κ1) is 39.2. The van der Waals surface area contributed by atoms with Gasteiger partial charge in [-0.15, -0.1) is 0 Å². The molecule has 278 valence electrons. The Morgan fingerprint density at radius 3 is 2.65 bits per heavy atom. The van der Waals surface area contributed by atoms with Crippen molar-refractivity contribution in [3.8, 4) is 0 Å². The third-order valence-electron chi connectivity index (χ3n) is 9.36. The zero-order chi connectivity index (χ0) is 36.6. The number of aliphatic hydroxyl groups excluding tert-OH is 1. The molecule has 1 unspecified atom stereocenters.